The molecule has 64 heavy (non-hydrogen) atoms. The molecule has 2 bridgehead atoms. The number of ether oxygens (including phenoxy) is 4. The van der Waals surface area contributed by atoms with Crippen molar-refractivity contribution in [1.29, 1.82) is 0 Å². The molecule has 5 aliphatic rings. The number of rotatable bonds is 20. The Morgan fingerprint density at radius 3 is 2.34 bits per heavy atom. The number of likely N-dealkylation sites (tertiary alicyclic amines) is 1. The van der Waals surface area contributed by atoms with Gasteiger partial charge in [-0.2, -0.15) is 5.06 Å². The fraction of sp³-hybridized carbons (Fsp3) is 0.640. The molecule has 8 atom stereocenters. The van der Waals surface area contributed by atoms with Gasteiger partial charge in [-0.05, 0) is 82.1 Å². The molecule has 1 aliphatic carbocycles. The van der Waals surface area contributed by atoms with Crippen LogP contribution in [0, 0.1) is 5.41 Å². The highest BCUT2D eigenvalue weighted by atomic mass is 16.8. The lowest BCUT2D eigenvalue weighted by atomic mass is 9.62. The van der Waals surface area contributed by atoms with Gasteiger partial charge in [0, 0.05) is 32.2 Å². The number of phenolic OH excluding ortho intramolecular Hbond substituents is 1. The number of unbranched alkanes of at least 4 members (excludes halogenated alkanes) is 4. The van der Waals surface area contributed by atoms with Crippen molar-refractivity contribution in [2.24, 2.45) is 5.41 Å². The summed E-state index contributed by atoms with van der Waals surface area (Å²) in [5.74, 6) is -2.53. The van der Waals surface area contributed by atoms with E-state index in [0.717, 1.165) is 55.2 Å². The van der Waals surface area contributed by atoms with Gasteiger partial charge in [0.1, 0.15) is 47.2 Å². The molecular weight excluding hydrogens is 819 g/mol. The summed E-state index contributed by atoms with van der Waals surface area (Å²) in [5, 5.41) is 25.1. The first-order chi connectivity index (χ1) is 30.7. The highest BCUT2D eigenvalue weighted by Gasteiger charge is 2.77. The summed E-state index contributed by atoms with van der Waals surface area (Å²) in [4.78, 5) is 65.5. The molecule has 4 heterocycles. The zero-order chi connectivity index (χ0) is 45.6. The normalized spacial score (nSPS) is 27.7. The Kier molecular flexibility index (Phi) is 15.2. The number of benzene rings is 2. The molecule has 3 N–H and O–H groups in total. The van der Waals surface area contributed by atoms with E-state index in [-0.39, 0.29) is 44.0 Å². The van der Waals surface area contributed by atoms with Crippen LogP contribution in [0.3, 0.4) is 0 Å². The average Bonchev–Trinajstić information content (AvgIpc) is 3.99. The van der Waals surface area contributed by atoms with E-state index in [2.05, 4.69) is 19.2 Å². The van der Waals surface area contributed by atoms with Crippen molar-refractivity contribution < 1.29 is 53.2 Å². The third kappa shape index (κ3) is 10.2. The molecule has 4 saturated heterocycles. The van der Waals surface area contributed by atoms with Crippen molar-refractivity contribution in [3.8, 4) is 5.75 Å². The van der Waals surface area contributed by atoms with E-state index >= 15 is 4.79 Å². The number of carbonyl (C=O) groups is 4. The molecule has 0 radical (unpaired) electrons. The van der Waals surface area contributed by atoms with Gasteiger partial charge in [0.15, 0.2) is 11.8 Å². The first-order valence-corrected chi connectivity index (χ1v) is 23.7. The number of allylic oxidation sites excluding steroid dienone is 1. The van der Waals surface area contributed by atoms with Crippen molar-refractivity contribution in [2.45, 2.75) is 185 Å². The maximum Gasteiger partial charge on any atom is 0.327 e. The smallest absolute Gasteiger partial charge is 0.327 e. The fourth-order valence-corrected chi connectivity index (χ4v) is 10.4. The van der Waals surface area contributed by atoms with Gasteiger partial charge in [0.05, 0.1) is 19.2 Å². The number of hydrogen-bond acceptors (Lipinski definition) is 12. The molecular formula is C50H69N3O11. The number of carbonyl (C=O) groups excluding carboxylic acids is 4. The second-order valence-corrected chi connectivity index (χ2v) is 19.3. The van der Waals surface area contributed by atoms with Gasteiger partial charge >= 0.3 is 11.9 Å². The summed E-state index contributed by atoms with van der Waals surface area (Å²) in [7, 11) is 0. The number of nitrogens with zero attached hydrogens (tertiary/aromatic N) is 2. The van der Waals surface area contributed by atoms with Gasteiger partial charge in [-0.3, -0.25) is 24.0 Å². The Morgan fingerprint density at radius 1 is 0.969 bits per heavy atom. The monoisotopic (exact) mass is 887 g/mol. The van der Waals surface area contributed by atoms with Crippen LogP contribution in [0.2, 0.25) is 0 Å². The van der Waals surface area contributed by atoms with Crippen LogP contribution in [0.25, 0.3) is 6.08 Å². The van der Waals surface area contributed by atoms with E-state index < -0.39 is 83.8 Å². The van der Waals surface area contributed by atoms with Crippen molar-refractivity contribution in [3.63, 3.8) is 0 Å². The average molecular weight is 888 g/mol. The minimum Gasteiger partial charge on any atom is -0.508 e. The van der Waals surface area contributed by atoms with Gasteiger partial charge in [0.25, 0.3) is 0 Å². The first kappa shape index (κ1) is 47.6. The molecule has 1 saturated carbocycles. The van der Waals surface area contributed by atoms with Gasteiger partial charge in [-0.15, -0.1) is 0 Å². The van der Waals surface area contributed by atoms with Crippen LogP contribution in [-0.2, 0) is 55.9 Å². The Labute approximate surface area is 377 Å². The Balaban J connectivity index is 1.19. The third-order valence-corrected chi connectivity index (χ3v) is 13.5. The van der Waals surface area contributed by atoms with Crippen molar-refractivity contribution in [2.75, 3.05) is 13.2 Å². The number of aliphatic hydroxyl groups is 1. The third-order valence-electron chi connectivity index (χ3n) is 13.5. The fourth-order valence-electron chi connectivity index (χ4n) is 10.4. The van der Waals surface area contributed by atoms with E-state index in [4.69, 9.17) is 23.8 Å². The van der Waals surface area contributed by atoms with Gasteiger partial charge in [0.2, 0.25) is 11.8 Å². The van der Waals surface area contributed by atoms with Gasteiger partial charge < -0.3 is 39.4 Å². The molecule has 7 rings (SSSR count). The SMILES string of the molecule is CCCCCC1(CCCCC)O[C@@H]2[C@H](O1)[C@H]1ON(Cc3ccccc3C=CCc3ccccc3O)[C@H]3C(=O)O[C@@H]2C[C@@]13C(=O)N1CCC[C@@H]1C(=O)N[C@H](CO)CCC(=O)OC(C)(C)C. The molecule has 0 unspecified atom stereocenters. The van der Waals surface area contributed by atoms with E-state index in [1.54, 1.807) is 42.9 Å². The number of phenols is 1. The second kappa shape index (κ2) is 20.4. The highest BCUT2D eigenvalue weighted by molar-refractivity contribution is 5.96. The van der Waals surface area contributed by atoms with Gasteiger partial charge in [-0.25, -0.2) is 0 Å². The maximum absolute atomic E-state index is 15.7. The number of hydroxylamine groups is 2. The largest absolute Gasteiger partial charge is 0.508 e. The predicted octanol–water partition coefficient (Wildman–Crippen LogP) is 6.68. The Bertz CT molecular complexity index is 1990. The maximum atomic E-state index is 15.7. The summed E-state index contributed by atoms with van der Waals surface area (Å²) in [5.41, 5.74) is 0.375. The van der Waals surface area contributed by atoms with E-state index in [9.17, 15) is 24.6 Å². The number of hydrogen-bond donors (Lipinski definition) is 3. The van der Waals surface area contributed by atoms with Crippen molar-refractivity contribution >= 4 is 29.8 Å². The van der Waals surface area contributed by atoms with Crippen molar-refractivity contribution in [3.05, 3.63) is 71.3 Å². The number of para-hydroxylation sites is 1. The van der Waals surface area contributed by atoms with Crippen LogP contribution < -0.4 is 5.32 Å². The lowest BCUT2D eigenvalue weighted by Crippen LogP contribution is -2.70. The standard InChI is InChI=1S/C50H69N3O11/c1-6-8-14-27-49(28-15-9-7-2)62-41-39-30-50(47(59)52-29-17-23-37(52)45(57)51-36(32-54)25-26-40(56)61-48(3,4)5)43(46(58)60-39)53(64-44(50)42(41)63-49)31-35-20-11-10-18-33(35)21-16-22-34-19-12-13-24-38(34)55/h10-13,16,18-21,24,36-37,39,41-44,54-55H,6-9,14-15,17,22-23,25-32H2,1-5H3,(H,51,57)/t36-,37+,39+,41-,42-,43-,44+,50-/m0/s1. The van der Waals surface area contributed by atoms with Crippen LogP contribution >= 0.6 is 0 Å². The molecule has 2 aromatic rings. The number of amides is 2. The number of aliphatic hydroxyl groups excluding tert-OH is 1. The highest BCUT2D eigenvalue weighted by Crippen LogP contribution is 2.59. The van der Waals surface area contributed by atoms with E-state index in [0.29, 0.717) is 32.1 Å². The summed E-state index contributed by atoms with van der Waals surface area (Å²) in [6.07, 6.45) is 9.76. The van der Waals surface area contributed by atoms with E-state index in [1.807, 2.05) is 48.6 Å². The second-order valence-electron chi connectivity index (χ2n) is 19.3. The minimum atomic E-state index is -1.47. The number of nitrogens with one attached hydrogen (secondary N) is 1. The van der Waals surface area contributed by atoms with Crippen LogP contribution in [0.15, 0.2) is 54.6 Å². The number of fused-ring (bicyclic) bond motifs is 4. The molecule has 350 valence electrons. The molecule has 0 aromatic heterocycles. The van der Waals surface area contributed by atoms with E-state index in [1.165, 1.54) is 0 Å². The summed E-state index contributed by atoms with van der Waals surface area (Å²) >= 11 is 0. The lowest BCUT2D eigenvalue weighted by Gasteiger charge is -2.50. The topological polar surface area (TPSA) is 173 Å². The van der Waals surface area contributed by atoms with Crippen LogP contribution in [-0.4, -0.2) is 111 Å². The summed E-state index contributed by atoms with van der Waals surface area (Å²) in [6, 6.07) is 12.2. The minimum absolute atomic E-state index is 0.00221. The predicted molar refractivity (Wildman–Crippen MR) is 238 cm³/mol. The summed E-state index contributed by atoms with van der Waals surface area (Å²) in [6.45, 7) is 9.67. The van der Waals surface area contributed by atoms with Crippen molar-refractivity contribution in [1.82, 2.24) is 15.3 Å². The molecule has 2 aromatic carbocycles. The van der Waals surface area contributed by atoms with Gasteiger partial charge in [-0.1, -0.05) is 94.1 Å². The molecule has 2 amide bonds. The summed E-state index contributed by atoms with van der Waals surface area (Å²) < 4.78 is 25.8. The Hall–Kier alpha value is -4.34. The number of aromatic hydroxyl groups is 1. The van der Waals surface area contributed by atoms with Crippen LogP contribution in [0.1, 0.15) is 135 Å². The zero-order valence-electron chi connectivity index (χ0n) is 38.3. The zero-order valence-corrected chi connectivity index (χ0v) is 38.3. The van der Waals surface area contributed by atoms with Crippen LogP contribution in [0.5, 0.6) is 5.75 Å². The molecule has 14 nitrogen and oxygen atoms in total. The quantitative estimate of drug-likeness (QED) is 0.0953. The number of esters is 2. The Morgan fingerprint density at radius 2 is 1.66 bits per heavy atom. The molecule has 4 aliphatic heterocycles. The molecule has 0 spiro atoms. The first-order valence-electron chi connectivity index (χ1n) is 23.7. The van der Waals surface area contributed by atoms with Crippen LogP contribution in [0.4, 0.5) is 0 Å². The molecule has 14 heteroatoms. The lowest BCUT2D eigenvalue weighted by molar-refractivity contribution is -0.225. The molecule has 5 fully saturated rings.